The smallest absolute Gasteiger partial charge is 0.349 e. The molecule has 0 aliphatic heterocycles. The fourth-order valence-corrected chi connectivity index (χ4v) is 10.6. The number of aromatic hydroxyl groups is 1. The number of phenolic OH excluding ortho intramolecular Hbond substituents is 1. The van der Waals surface area contributed by atoms with E-state index >= 15 is 0 Å². The molecule has 1 fully saturated rings. The number of thiophene rings is 2. The van der Waals surface area contributed by atoms with Gasteiger partial charge in [-0.25, -0.2) is 4.79 Å². The second-order valence-corrected chi connectivity index (χ2v) is 24.1. The second-order valence-electron chi connectivity index (χ2n) is 17.5. The van der Waals surface area contributed by atoms with Gasteiger partial charge in [0, 0.05) is 36.6 Å². The third-order valence-corrected chi connectivity index (χ3v) is 18.6. The molecule has 1 unspecified atom stereocenters. The van der Waals surface area contributed by atoms with E-state index in [9.17, 15) is 19.8 Å². The maximum atomic E-state index is 13.4. The molecule has 10 nitrogen and oxygen atoms in total. The van der Waals surface area contributed by atoms with Gasteiger partial charge in [-0.3, -0.25) is 4.79 Å². The number of phenols is 1. The first-order chi connectivity index (χ1) is 28.0. The number of pyridine rings is 1. The number of hydrogen-bond donors (Lipinski definition) is 4. The Morgan fingerprint density at radius 3 is 2.24 bits per heavy atom. The molecular formula is C46H61N3O7S2Si. The Kier molecular flexibility index (Phi) is 14.6. The summed E-state index contributed by atoms with van der Waals surface area (Å²) >= 11 is 2.72. The molecule has 318 valence electrons. The average Bonchev–Trinajstić information content (AvgIpc) is 3.95. The summed E-state index contributed by atoms with van der Waals surface area (Å²) in [5.74, 6) is 0.304. The number of nitrogens with zero attached hydrogens (tertiary/aromatic N) is 1. The normalized spacial score (nSPS) is 17.6. The fraction of sp³-hybridized carbons (Fsp3) is 0.478. The number of H-pyrrole nitrogens is 1. The van der Waals surface area contributed by atoms with Crippen LogP contribution in [-0.2, 0) is 26.0 Å². The summed E-state index contributed by atoms with van der Waals surface area (Å²) in [5, 5.41) is 30.3. The lowest BCUT2D eigenvalue weighted by Crippen LogP contribution is -2.44. The fourth-order valence-electron chi connectivity index (χ4n) is 7.56. The van der Waals surface area contributed by atoms with E-state index in [-0.39, 0.29) is 34.6 Å². The molecule has 0 spiro atoms. The molecule has 1 aliphatic rings. The predicted molar refractivity (Wildman–Crippen MR) is 241 cm³/mol. The number of aliphatic hydroxyl groups is 1. The van der Waals surface area contributed by atoms with Crippen molar-refractivity contribution in [2.45, 2.75) is 114 Å². The zero-order valence-corrected chi connectivity index (χ0v) is 38.1. The van der Waals surface area contributed by atoms with Crippen molar-refractivity contribution in [1.29, 1.82) is 0 Å². The third-order valence-electron chi connectivity index (χ3n) is 12.1. The van der Waals surface area contributed by atoms with Crippen molar-refractivity contribution in [2.24, 2.45) is 0 Å². The van der Waals surface area contributed by atoms with Gasteiger partial charge in [-0.2, -0.15) is 0 Å². The van der Waals surface area contributed by atoms with Crippen LogP contribution in [0.15, 0.2) is 88.4 Å². The Labute approximate surface area is 357 Å². The second kappa shape index (κ2) is 19.3. The van der Waals surface area contributed by atoms with Gasteiger partial charge in [0.15, 0.2) is 8.32 Å². The average molecular weight is 860 g/mol. The number of carbonyl (C=O) groups excluding carboxylic acids is 1. The highest BCUT2D eigenvalue weighted by Crippen LogP contribution is 2.42. The van der Waals surface area contributed by atoms with Crippen molar-refractivity contribution in [3.63, 3.8) is 0 Å². The lowest BCUT2D eigenvalue weighted by molar-refractivity contribution is -0.169. The molecule has 59 heavy (non-hydrogen) atoms. The van der Waals surface area contributed by atoms with E-state index in [1.165, 1.54) is 34.3 Å². The number of rotatable bonds is 18. The standard InChI is InChI=1S/C46H61N3O7S2Si/c1-31(47-30-39(56-59(6,7)45(2,3)4)36-21-23-38(50)43-37(36)22-24-42(51)48-43)29-32-13-17-34(18-14-32)54-26-10-25-49(5)33-15-19-35(20-16-33)55-44(52)46(53,40-11-8-27-57-40)41-12-9-28-58-41/h8-9,11-14,17-18,21-24,27-28,31,33,35,39,47,50,53H,10,15-16,19-20,25-26,29-30H2,1-7H3,(H,48,51)/t31?,33?,35?,39-/m0/s1. The van der Waals surface area contributed by atoms with Gasteiger partial charge < -0.3 is 39.3 Å². The Morgan fingerprint density at radius 2 is 1.63 bits per heavy atom. The summed E-state index contributed by atoms with van der Waals surface area (Å²) in [7, 11) is -0.0280. The van der Waals surface area contributed by atoms with E-state index in [0.29, 0.717) is 34.5 Å². The Bertz CT molecular complexity index is 2120. The molecule has 3 heterocycles. The molecule has 5 aromatic rings. The van der Waals surface area contributed by atoms with Gasteiger partial charge in [0.1, 0.15) is 17.6 Å². The number of carbonyl (C=O) groups is 1. The highest BCUT2D eigenvalue weighted by molar-refractivity contribution is 7.12. The third kappa shape index (κ3) is 10.9. The molecular weight excluding hydrogens is 799 g/mol. The van der Waals surface area contributed by atoms with Crippen molar-refractivity contribution in [3.05, 3.63) is 115 Å². The van der Waals surface area contributed by atoms with Gasteiger partial charge in [-0.15, -0.1) is 22.7 Å². The van der Waals surface area contributed by atoms with E-state index < -0.39 is 19.9 Å². The van der Waals surface area contributed by atoms with Crippen LogP contribution in [-0.4, -0.2) is 79.3 Å². The summed E-state index contributed by atoms with van der Waals surface area (Å²) in [6.45, 7) is 15.4. The van der Waals surface area contributed by atoms with Crippen molar-refractivity contribution in [2.75, 3.05) is 26.7 Å². The van der Waals surface area contributed by atoms with Crippen LogP contribution < -0.4 is 15.6 Å². The van der Waals surface area contributed by atoms with Crippen molar-refractivity contribution in [1.82, 2.24) is 15.2 Å². The predicted octanol–water partition coefficient (Wildman–Crippen LogP) is 9.13. The molecule has 3 aromatic heterocycles. The zero-order chi connectivity index (χ0) is 42.4. The molecule has 2 atom stereocenters. The van der Waals surface area contributed by atoms with Gasteiger partial charge in [-0.05, 0) is 129 Å². The van der Waals surface area contributed by atoms with Crippen LogP contribution in [0.4, 0.5) is 0 Å². The van der Waals surface area contributed by atoms with Crippen LogP contribution >= 0.6 is 22.7 Å². The number of esters is 1. The quantitative estimate of drug-likeness (QED) is 0.0387. The van der Waals surface area contributed by atoms with Crippen LogP contribution in [0, 0.1) is 0 Å². The topological polar surface area (TPSA) is 133 Å². The summed E-state index contributed by atoms with van der Waals surface area (Å²) in [6.07, 6.45) is 4.64. The minimum atomic E-state index is -2.18. The van der Waals surface area contributed by atoms with E-state index in [0.717, 1.165) is 61.8 Å². The van der Waals surface area contributed by atoms with Crippen LogP contribution in [0.3, 0.4) is 0 Å². The largest absolute Gasteiger partial charge is 0.506 e. The minimum absolute atomic E-state index is 0.00272. The molecule has 0 saturated heterocycles. The van der Waals surface area contributed by atoms with Crippen LogP contribution in [0.1, 0.15) is 86.8 Å². The molecule has 13 heteroatoms. The number of fused-ring (bicyclic) bond motifs is 1. The first-order valence-corrected chi connectivity index (χ1v) is 25.4. The maximum Gasteiger partial charge on any atom is 0.349 e. The van der Waals surface area contributed by atoms with Crippen LogP contribution in [0.2, 0.25) is 18.1 Å². The molecule has 6 rings (SSSR count). The lowest BCUT2D eigenvalue weighted by Gasteiger charge is -2.40. The molecule has 0 amide bonds. The monoisotopic (exact) mass is 859 g/mol. The Morgan fingerprint density at radius 1 is 0.966 bits per heavy atom. The molecule has 0 bridgehead atoms. The van der Waals surface area contributed by atoms with Gasteiger partial charge in [0.05, 0.1) is 28.0 Å². The summed E-state index contributed by atoms with van der Waals surface area (Å²) < 4.78 is 19.1. The zero-order valence-electron chi connectivity index (χ0n) is 35.5. The number of ether oxygens (including phenoxy) is 2. The first-order valence-electron chi connectivity index (χ1n) is 20.7. The maximum absolute atomic E-state index is 13.4. The molecule has 1 aliphatic carbocycles. The van der Waals surface area contributed by atoms with Crippen molar-refractivity contribution >= 4 is 47.9 Å². The Balaban J connectivity index is 0.939. The van der Waals surface area contributed by atoms with Crippen molar-refractivity contribution in [3.8, 4) is 11.5 Å². The van der Waals surface area contributed by atoms with Gasteiger partial charge in [-0.1, -0.05) is 51.1 Å². The van der Waals surface area contributed by atoms with Gasteiger partial charge in [0.2, 0.25) is 11.2 Å². The SMILES string of the molecule is CC(Cc1ccc(OCCCN(C)C2CCC(OC(=O)C(O)(c3cccs3)c3cccs3)CC2)cc1)NC[C@H](O[Si](C)(C)C(C)(C)C)c1ccc(O)c2[nH]c(=O)ccc12. The molecule has 0 radical (unpaired) electrons. The highest BCUT2D eigenvalue weighted by atomic mass is 32.1. The minimum Gasteiger partial charge on any atom is -0.506 e. The van der Waals surface area contributed by atoms with Crippen molar-refractivity contribution < 1.29 is 28.9 Å². The molecule has 4 N–H and O–H groups in total. The number of aromatic nitrogens is 1. The first kappa shape index (κ1) is 44.7. The van der Waals surface area contributed by atoms with E-state index in [2.05, 4.69) is 75.2 Å². The van der Waals surface area contributed by atoms with Gasteiger partial charge >= 0.3 is 5.97 Å². The van der Waals surface area contributed by atoms with E-state index in [1.807, 2.05) is 41.1 Å². The molecule has 2 aromatic carbocycles. The van der Waals surface area contributed by atoms with Crippen LogP contribution in [0.25, 0.3) is 10.9 Å². The van der Waals surface area contributed by atoms with Crippen LogP contribution in [0.5, 0.6) is 11.5 Å². The summed E-state index contributed by atoms with van der Waals surface area (Å²) in [6, 6.07) is 23.0. The summed E-state index contributed by atoms with van der Waals surface area (Å²) in [5.41, 5.74) is 0.541. The number of benzene rings is 2. The summed E-state index contributed by atoms with van der Waals surface area (Å²) in [4.78, 5) is 31.9. The number of nitrogens with one attached hydrogen (secondary N) is 2. The number of aromatic amines is 1. The lowest BCUT2D eigenvalue weighted by atomic mass is 9.91. The highest BCUT2D eigenvalue weighted by Gasteiger charge is 2.45. The number of hydrogen-bond acceptors (Lipinski definition) is 11. The van der Waals surface area contributed by atoms with E-state index in [4.69, 9.17) is 13.9 Å². The molecule has 1 saturated carbocycles. The Hall–Kier alpha value is -3.82. The van der Waals surface area contributed by atoms with E-state index in [1.54, 1.807) is 24.3 Å². The van der Waals surface area contributed by atoms with Gasteiger partial charge in [0.25, 0.3) is 0 Å².